The van der Waals surface area contributed by atoms with E-state index in [1.807, 2.05) is 6.92 Å². The van der Waals surface area contributed by atoms with Crippen LogP contribution in [-0.4, -0.2) is 175 Å². The first-order valence-corrected chi connectivity index (χ1v) is 23.2. The summed E-state index contributed by atoms with van der Waals surface area (Å²) in [6, 6.07) is 0. The highest BCUT2D eigenvalue weighted by Gasteiger charge is 2.72. The van der Waals surface area contributed by atoms with Crippen LogP contribution in [0.15, 0.2) is 11.6 Å². The Balaban J connectivity index is 1.09. The number of carboxylic acid groups (broad SMARTS) is 1. The summed E-state index contributed by atoms with van der Waals surface area (Å²) in [6.45, 7) is 11.4. The lowest BCUT2D eigenvalue weighted by molar-refractivity contribution is -0.384. The quantitative estimate of drug-likeness (QED) is 0.0836. The number of aliphatic hydroxyl groups is 9. The van der Waals surface area contributed by atoms with Crippen molar-refractivity contribution in [2.45, 2.75) is 191 Å². The highest BCUT2D eigenvalue weighted by Crippen LogP contribution is 2.76. The van der Waals surface area contributed by atoms with Crippen LogP contribution in [0, 0.1) is 50.2 Å². The zero-order valence-electron chi connectivity index (χ0n) is 37.8. The van der Waals surface area contributed by atoms with E-state index >= 15 is 0 Å². The maximum Gasteiger partial charge on any atom is 0.312 e. The number of allylic oxidation sites excluding steroid dienone is 2. The van der Waals surface area contributed by atoms with Crippen molar-refractivity contribution in [2.75, 3.05) is 19.8 Å². The van der Waals surface area contributed by atoms with Gasteiger partial charge in [-0.05, 0) is 97.2 Å². The summed E-state index contributed by atoms with van der Waals surface area (Å²) in [7, 11) is 0. The molecule has 4 saturated carbocycles. The number of carboxylic acids is 1. The van der Waals surface area contributed by atoms with Crippen LogP contribution < -0.4 is 0 Å². The Morgan fingerprint density at radius 2 is 1.39 bits per heavy atom. The van der Waals surface area contributed by atoms with Gasteiger partial charge in [0.2, 0.25) is 0 Å². The number of aliphatic carboxylic acids is 1. The average Bonchev–Trinajstić information content (AvgIpc) is 3.23. The minimum Gasteiger partial charge on any atom is -0.481 e. The molecule has 23 atom stereocenters. The van der Waals surface area contributed by atoms with Gasteiger partial charge in [0.1, 0.15) is 72.7 Å². The summed E-state index contributed by atoms with van der Waals surface area (Å²) >= 11 is 0. The fourth-order valence-corrected chi connectivity index (χ4v) is 14.5. The van der Waals surface area contributed by atoms with E-state index in [0.717, 1.165) is 18.3 Å². The molecule has 8 aliphatic rings. The van der Waals surface area contributed by atoms with Gasteiger partial charge in [-0.1, -0.05) is 53.2 Å². The van der Waals surface area contributed by atoms with Crippen LogP contribution in [0.4, 0.5) is 0 Å². The molecule has 5 aliphatic carbocycles. The van der Waals surface area contributed by atoms with Crippen LogP contribution in [0.25, 0.3) is 0 Å². The normalized spacial score (nSPS) is 54.9. The van der Waals surface area contributed by atoms with Crippen molar-refractivity contribution in [1.82, 2.24) is 0 Å². The second kappa shape index (κ2) is 17.1. The van der Waals surface area contributed by atoms with Gasteiger partial charge in [-0.15, -0.1) is 0 Å². The van der Waals surface area contributed by atoms with E-state index in [4.69, 9.17) is 28.4 Å². The van der Waals surface area contributed by atoms with Gasteiger partial charge in [-0.3, -0.25) is 4.79 Å². The fourth-order valence-electron chi connectivity index (χ4n) is 14.5. The molecule has 0 aromatic rings. The molecule has 364 valence electrons. The van der Waals surface area contributed by atoms with Crippen molar-refractivity contribution < 1.29 is 89.1 Å². The third-order valence-electron chi connectivity index (χ3n) is 18.6. The van der Waals surface area contributed by atoms with Gasteiger partial charge in [-0.25, -0.2) is 0 Å². The Labute approximate surface area is 373 Å². The van der Waals surface area contributed by atoms with E-state index < -0.39 is 140 Å². The molecule has 7 fully saturated rings. The molecule has 18 nitrogen and oxygen atoms in total. The maximum atomic E-state index is 13.7. The van der Waals surface area contributed by atoms with Crippen molar-refractivity contribution in [3.05, 3.63) is 11.6 Å². The van der Waals surface area contributed by atoms with E-state index in [1.165, 1.54) is 0 Å². The number of hydrogen-bond acceptors (Lipinski definition) is 17. The molecule has 3 heterocycles. The van der Waals surface area contributed by atoms with E-state index in [9.17, 15) is 60.7 Å². The summed E-state index contributed by atoms with van der Waals surface area (Å²) in [5.74, 6) is -1.39. The van der Waals surface area contributed by atoms with E-state index in [2.05, 4.69) is 40.7 Å². The Bertz CT molecular complexity index is 1780. The number of aliphatic hydroxyl groups excluding tert-OH is 9. The van der Waals surface area contributed by atoms with Crippen molar-refractivity contribution in [2.24, 2.45) is 50.2 Å². The van der Waals surface area contributed by atoms with Crippen LogP contribution in [-0.2, 0) is 38.0 Å². The van der Waals surface area contributed by atoms with Gasteiger partial charge in [0.15, 0.2) is 18.9 Å². The van der Waals surface area contributed by atoms with Crippen molar-refractivity contribution in [3.8, 4) is 0 Å². The van der Waals surface area contributed by atoms with Crippen molar-refractivity contribution in [3.63, 3.8) is 0 Å². The maximum absolute atomic E-state index is 13.7. The summed E-state index contributed by atoms with van der Waals surface area (Å²) in [5.41, 5.74) is -2.56. The summed E-state index contributed by atoms with van der Waals surface area (Å²) in [5, 5.41) is 107. The Morgan fingerprint density at radius 3 is 2.06 bits per heavy atom. The molecular formula is C46H72O18. The SMILES string of the molecule is CC1(C)CC[C@@]2(C(=O)O)C(C1)C1=CCC3C4(C)CC[C@H](O[C@@H]5OC[C@@H](O)[C@H](O[C@@H]6OC[C@@H](O)[C@H](O)C6O)C5O[C@@H]5OC(CO)[C@H](O)[C@H](O)C5O)C(C)(C=O)[C@@H]4CC[C@]3(C)C1(C)C[C@H]2O. The fraction of sp³-hybridized carbons (Fsp3) is 0.913. The van der Waals surface area contributed by atoms with Crippen LogP contribution in [0.1, 0.15) is 99.3 Å². The smallest absolute Gasteiger partial charge is 0.312 e. The summed E-state index contributed by atoms with van der Waals surface area (Å²) in [6.07, 6.45) is -14.4. The number of aldehydes is 1. The topological polar surface area (TPSA) is 292 Å². The predicted octanol–water partition coefficient (Wildman–Crippen LogP) is 0.134. The average molecular weight is 913 g/mol. The number of fused-ring (bicyclic) bond motifs is 7. The molecule has 64 heavy (non-hydrogen) atoms. The van der Waals surface area contributed by atoms with Crippen LogP contribution in [0.2, 0.25) is 0 Å². The van der Waals surface area contributed by atoms with Crippen LogP contribution >= 0.6 is 0 Å². The van der Waals surface area contributed by atoms with Gasteiger partial charge in [0, 0.05) is 0 Å². The van der Waals surface area contributed by atoms with Gasteiger partial charge < -0.3 is 84.3 Å². The number of hydrogen-bond donors (Lipinski definition) is 10. The molecule has 3 saturated heterocycles. The summed E-state index contributed by atoms with van der Waals surface area (Å²) in [4.78, 5) is 26.9. The minimum atomic E-state index is -1.87. The minimum absolute atomic E-state index is 0.0609. The van der Waals surface area contributed by atoms with Gasteiger partial charge in [0.25, 0.3) is 0 Å². The second-order valence-electron chi connectivity index (χ2n) is 22.3. The number of carbonyl (C=O) groups is 2. The lowest BCUT2D eigenvalue weighted by Gasteiger charge is -2.71. The van der Waals surface area contributed by atoms with Gasteiger partial charge in [-0.2, -0.15) is 0 Å². The standard InChI is InChI=1S/C46H72O18/c1-41(2)13-14-46(40(57)58)22(15-41)21-7-8-27-42(3)11-10-29(43(4,20-48)26(42)9-12-44(27,5)45(21,6)16-28(46)51)62-39-36(64-38-34(56)32(54)31(53)25(17-47)61-38)35(24(50)19-60-39)63-37-33(55)30(52)23(49)18-59-37/h7,20,22-39,47,49-56H,8-19H2,1-6H3,(H,57,58)/t22?,23-,24-,25?,26-,27?,28-,29+,30+,31+,32+,33?,34?,35+,36?,37+,38+,39+,42?,43?,44+,45?,46-/m1/s1. The third kappa shape index (κ3) is 7.31. The highest BCUT2D eigenvalue weighted by molar-refractivity contribution is 5.77. The van der Waals surface area contributed by atoms with E-state index in [-0.39, 0.29) is 28.6 Å². The Hall–Kier alpha value is -1.72. The molecule has 18 heteroatoms. The highest BCUT2D eigenvalue weighted by atomic mass is 16.8. The van der Waals surface area contributed by atoms with E-state index in [0.29, 0.717) is 51.4 Å². The predicted molar refractivity (Wildman–Crippen MR) is 220 cm³/mol. The van der Waals surface area contributed by atoms with Crippen LogP contribution in [0.5, 0.6) is 0 Å². The first-order valence-electron chi connectivity index (χ1n) is 23.2. The molecule has 0 radical (unpaired) electrons. The zero-order valence-corrected chi connectivity index (χ0v) is 37.8. The van der Waals surface area contributed by atoms with Gasteiger partial charge in [0.05, 0.1) is 37.4 Å². The Kier molecular flexibility index (Phi) is 13.0. The first kappa shape index (κ1) is 48.7. The molecule has 8 rings (SSSR count). The Morgan fingerprint density at radius 1 is 0.734 bits per heavy atom. The molecule has 10 N–H and O–H groups in total. The molecule has 0 aromatic carbocycles. The number of carbonyl (C=O) groups excluding carboxylic acids is 1. The van der Waals surface area contributed by atoms with Crippen molar-refractivity contribution >= 4 is 12.3 Å². The zero-order chi connectivity index (χ0) is 46.7. The number of ether oxygens (including phenoxy) is 6. The molecule has 0 bridgehead atoms. The van der Waals surface area contributed by atoms with E-state index in [1.54, 1.807) is 0 Å². The molecule has 0 spiro atoms. The lowest BCUT2D eigenvalue weighted by Crippen LogP contribution is -2.68. The second-order valence-corrected chi connectivity index (χ2v) is 22.3. The molecule has 0 aromatic heterocycles. The van der Waals surface area contributed by atoms with Gasteiger partial charge >= 0.3 is 5.97 Å². The number of rotatable bonds is 9. The molecule has 0 amide bonds. The lowest BCUT2D eigenvalue weighted by atomic mass is 9.33. The van der Waals surface area contributed by atoms with Crippen molar-refractivity contribution in [1.29, 1.82) is 0 Å². The third-order valence-corrected chi connectivity index (χ3v) is 18.6. The largest absolute Gasteiger partial charge is 0.481 e. The molecule has 3 aliphatic heterocycles. The summed E-state index contributed by atoms with van der Waals surface area (Å²) < 4.78 is 36.3. The van der Waals surface area contributed by atoms with Crippen LogP contribution in [0.3, 0.4) is 0 Å². The monoisotopic (exact) mass is 912 g/mol. The first-order chi connectivity index (χ1) is 29.9. The molecule has 9 unspecified atom stereocenters. The molecular weight excluding hydrogens is 840 g/mol.